The molecule has 1 saturated carbocycles. The summed E-state index contributed by atoms with van der Waals surface area (Å²) in [7, 11) is 1.61. The molecule has 0 unspecified atom stereocenters. The molecule has 1 aliphatic carbocycles. The molecule has 18 nitrogen and oxygen atoms in total. The number of thioether (sulfide) groups is 1. The summed E-state index contributed by atoms with van der Waals surface area (Å²) in [6.45, 7) is 15.0. The van der Waals surface area contributed by atoms with Crippen LogP contribution in [0.4, 0.5) is 4.79 Å². The molecule has 19 heteroatoms. The Morgan fingerprint density at radius 2 is 1.61 bits per heavy atom. The zero-order valence-corrected chi connectivity index (χ0v) is 39.6. The van der Waals surface area contributed by atoms with Gasteiger partial charge in [0.05, 0.1) is 31.2 Å². The van der Waals surface area contributed by atoms with E-state index in [4.69, 9.17) is 23.7 Å². The van der Waals surface area contributed by atoms with E-state index in [0.29, 0.717) is 51.0 Å². The van der Waals surface area contributed by atoms with E-state index in [1.54, 1.807) is 7.11 Å². The lowest BCUT2D eigenvalue weighted by Gasteiger charge is -2.42. The highest BCUT2D eigenvalue weighted by atomic mass is 32.2. The first-order valence-corrected chi connectivity index (χ1v) is 23.7. The van der Waals surface area contributed by atoms with E-state index in [1.807, 2.05) is 34.0 Å². The van der Waals surface area contributed by atoms with Gasteiger partial charge in [-0.3, -0.25) is 28.8 Å². The molecule has 0 bridgehead atoms. The van der Waals surface area contributed by atoms with Crippen LogP contribution in [-0.2, 0) is 52.5 Å². The highest BCUT2D eigenvalue weighted by Crippen LogP contribution is 2.59. The van der Waals surface area contributed by atoms with Gasteiger partial charge in [0.15, 0.2) is 0 Å². The molecule has 5 N–H and O–H groups in total. The number of esters is 1. The molecule has 0 aromatic rings. The zero-order valence-electron chi connectivity index (χ0n) is 38.8. The normalized spacial score (nSPS) is 27.0. The lowest BCUT2D eigenvalue weighted by atomic mass is 9.68. The van der Waals surface area contributed by atoms with Crippen LogP contribution in [0.5, 0.6) is 0 Å². The van der Waals surface area contributed by atoms with Gasteiger partial charge in [0.25, 0.3) is 0 Å². The molecule has 0 aromatic heterocycles. The number of hydrogen-bond acceptors (Lipinski definition) is 13. The van der Waals surface area contributed by atoms with E-state index in [2.05, 4.69) is 53.4 Å². The minimum atomic E-state index is -1.02. The van der Waals surface area contributed by atoms with Crippen molar-refractivity contribution in [3.05, 3.63) is 11.6 Å². The van der Waals surface area contributed by atoms with Crippen molar-refractivity contribution in [1.29, 1.82) is 0 Å². The predicted molar refractivity (Wildman–Crippen MR) is 242 cm³/mol. The molecule has 4 rings (SSSR count). The second kappa shape index (κ2) is 24.5. The molecule has 6 amide bonds. The average molecular weight is 925 g/mol. The number of carbonyl (C=O) groups excluding carboxylic acids is 7. The first kappa shape index (κ1) is 54.4. The summed E-state index contributed by atoms with van der Waals surface area (Å²) in [5.74, 6) is -2.96. The number of carbonyl (C=O) groups is 7. The van der Waals surface area contributed by atoms with E-state index >= 15 is 0 Å². The Kier molecular flexibility index (Phi) is 20.9. The highest BCUT2D eigenvalue weighted by molar-refractivity contribution is 7.98. The van der Waals surface area contributed by atoms with Gasteiger partial charge in [-0.2, -0.15) is 11.8 Å². The fourth-order valence-corrected chi connectivity index (χ4v) is 9.21. The van der Waals surface area contributed by atoms with Crippen LogP contribution in [0.15, 0.2) is 11.6 Å². The third kappa shape index (κ3) is 15.1. The van der Waals surface area contributed by atoms with Crippen molar-refractivity contribution in [3.63, 3.8) is 0 Å². The van der Waals surface area contributed by atoms with Gasteiger partial charge in [-0.25, -0.2) is 4.79 Å². The summed E-state index contributed by atoms with van der Waals surface area (Å²) in [4.78, 5) is 92.1. The summed E-state index contributed by atoms with van der Waals surface area (Å²) in [5, 5.41) is 13.3. The number of rotatable bonds is 23. The summed E-state index contributed by atoms with van der Waals surface area (Å²) in [5.41, 5.74) is 0.354. The fourth-order valence-electron chi connectivity index (χ4n) is 8.74. The molecular formula is C45H76N6O12S. The third-order valence-electron chi connectivity index (χ3n) is 12.4. The van der Waals surface area contributed by atoms with Crippen LogP contribution in [0.1, 0.15) is 108 Å². The summed E-state index contributed by atoms with van der Waals surface area (Å²) >= 11 is 1.46. The first-order valence-electron chi connectivity index (χ1n) is 22.3. The molecule has 4 fully saturated rings. The summed E-state index contributed by atoms with van der Waals surface area (Å²) in [6, 6.07) is -3.22. The number of hydrogen-bond donors (Lipinski definition) is 5. The van der Waals surface area contributed by atoms with Crippen molar-refractivity contribution in [2.45, 2.75) is 161 Å². The highest BCUT2D eigenvalue weighted by Gasteiger charge is 2.72. The Labute approximate surface area is 383 Å². The van der Waals surface area contributed by atoms with Crippen LogP contribution < -0.4 is 26.6 Å². The van der Waals surface area contributed by atoms with Gasteiger partial charge in [0, 0.05) is 20.6 Å². The Morgan fingerprint density at radius 3 is 2.20 bits per heavy atom. The SMILES string of the molecule is C.CO[C@@H]1[C@H](OC(=O)N[C@@H](COC(=O)CNC(=O)[C@H](CCSC)NC(=O)CNC(=O)[C@H](CC(C)C)NC(=O)[C@@H]2CCCN2C(C)=O)C(C)C)CC[C@]2(CO2)[C@H]1[C@@]1(C)O[C@@H]1CC=C(C)C. The molecule has 3 saturated heterocycles. The number of nitrogens with one attached hydrogen (secondary N) is 5. The van der Waals surface area contributed by atoms with Gasteiger partial charge in [-0.05, 0) is 89.6 Å². The minimum absolute atomic E-state index is 0. The lowest BCUT2D eigenvalue weighted by Crippen LogP contribution is -2.56. The first-order chi connectivity index (χ1) is 29.7. The number of allylic oxidation sites excluding steroid dienone is 1. The van der Waals surface area contributed by atoms with E-state index < -0.39 is 90.8 Å². The summed E-state index contributed by atoms with van der Waals surface area (Å²) in [6.07, 6.45) is 6.07. The van der Waals surface area contributed by atoms with Crippen LogP contribution >= 0.6 is 11.8 Å². The number of likely N-dealkylation sites (tertiary alicyclic amines) is 1. The maximum absolute atomic E-state index is 13.3. The van der Waals surface area contributed by atoms with Gasteiger partial charge in [-0.1, -0.05) is 46.8 Å². The number of methoxy groups -OCH3 is 1. The molecule has 3 aliphatic heterocycles. The van der Waals surface area contributed by atoms with E-state index in [1.165, 1.54) is 29.2 Å². The van der Waals surface area contributed by atoms with Crippen molar-refractivity contribution in [1.82, 2.24) is 31.5 Å². The molecule has 10 atom stereocenters. The van der Waals surface area contributed by atoms with Crippen molar-refractivity contribution in [2.24, 2.45) is 17.8 Å². The van der Waals surface area contributed by atoms with Crippen molar-refractivity contribution < 1.29 is 57.2 Å². The molecule has 3 heterocycles. The standard InChI is InChI=1S/C44H72N6O12S.CH4/c1-25(2)13-14-34-43(8,62-34)38-37(58-9)33(15-17-44(38)24-60-44)61-42(57)49-31(27(5)6)23-59-36(53)22-46-39(54)29(16-19-63-10)47-35(52)21-45-40(55)30(20-26(3)4)48-41(56)32-12-11-18-50(32)28(7)51;/h13,26-27,29-34,37-38H,11-12,14-24H2,1-10H3,(H,45,55)(H,46,54)(H,47,52)(H,48,56)(H,49,57);1H4/t29-,30-,31-,32-,33+,34+,37+,38+,43-,44-;/m0./s1. The van der Waals surface area contributed by atoms with E-state index in [9.17, 15) is 33.6 Å². The second-order valence-corrected chi connectivity index (χ2v) is 19.4. The topological polar surface area (TPSA) is 236 Å². The van der Waals surface area contributed by atoms with Crippen molar-refractivity contribution in [2.75, 3.05) is 52.0 Å². The monoisotopic (exact) mass is 925 g/mol. The van der Waals surface area contributed by atoms with Crippen LogP contribution in [0.25, 0.3) is 0 Å². The largest absolute Gasteiger partial charge is 0.462 e. The number of nitrogens with zero attached hydrogens (tertiary/aromatic N) is 1. The number of amides is 6. The lowest BCUT2D eigenvalue weighted by molar-refractivity contribution is -0.145. The molecule has 0 aromatic carbocycles. The van der Waals surface area contributed by atoms with Crippen molar-refractivity contribution in [3.8, 4) is 0 Å². The van der Waals surface area contributed by atoms with E-state index in [-0.39, 0.29) is 55.8 Å². The molecule has 64 heavy (non-hydrogen) atoms. The van der Waals surface area contributed by atoms with Crippen LogP contribution in [0.3, 0.4) is 0 Å². The van der Waals surface area contributed by atoms with Gasteiger partial charge in [0.1, 0.15) is 54.7 Å². The Bertz CT molecular complexity index is 1670. The molecule has 1 spiro atoms. The molecular weight excluding hydrogens is 849 g/mol. The average Bonchev–Trinajstić information content (AvgIpc) is 4.07. The van der Waals surface area contributed by atoms with Gasteiger partial charge in [0.2, 0.25) is 29.5 Å². The smallest absolute Gasteiger partial charge is 0.407 e. The molecule has 0 radical (unpaired) electrons. The van der Waals surface area contributed by atoms with Crippen molar-refractivity contribution >= 4 is 53.4 Å². The Hall–Kier alpha value is -3.94. The second-order valence-electron chi connectivity index (χ2n) is 18.4. The fraction of sp³-hybridized carbons (Fsp3) is 0.800. The minimum Gasteiger partial charge on any atom is -0.462 e. The maximum atomic E-state index is 13.3. The van der Waals surface area contributed by atoms with Gasteiger partial charge >= 0.3 is 12.1 Å². The third-order valence-corrected chi connectivity index (χ3v) is 13.1. The molecule has 364 valence electrons. The number of alkyl carbamates (subject to hydrolysis) is 1. The number of ether oxygens (including phenoxy) is 5. The maximum Gasteiger partial charge on any atom is 0.407 e. The van der Waals surface area contributed by atoms with Crippen LogP contribution in [0, 0.1) is 17.8 Å². The summed E-state index contributed by atoms with van der Waals surface area (Å²) < 4.78 is 29.7. The molecule has 4 aliphatic rings. The predicted octanol–water partition coefficient (Wildman–Crippen LogP) is 3.01. The van der Waals surface area contributed by atoms with E-state index in [0.717, 1.165) is 6.42 Å². The van der Waals surface area contributed by atoms with Gasteiger partial charge in [-0.15, -0.1) is 0 Å². The Balaban J connectivity index is 0.0000109. The zero-order chi connectivity index (χ0) is 46.6. The van der Waals surface area contributed by atoms with Crippen LogP contribution in [-0.4, -0.2) is 152 Å². The Morgan fingerprint density at radius 1 is 0.938 bits per heavy atom. The van der Waals surface area contributed by atoms with Crippen LogP contribution in [0.2, 0.25) is 0 Å². The number of epoxide rings is 2. The quantitative estimate of drug-likeness (QED) is 0.0564. The van der Waals surface area contributed by atoms with Gasteiger partial charge < -0.3 is 55.2 Å².